The molecule has 3 aromatic rings. The van der Waals surface area contributed by atoms with E-state index in [-0.39, 0.29) is 0 Å². The fourth-order valence-corrected chi connectivity index (χ4v) is 2.40. The third kappa shape index (κ3) is 3.03. The van der Waals surface area contributed by atoms with Gasteiger partial charge in [0.2, 0.25) is 0 Å². The molecular formula is C18H18N2O. The van der Waals surface area contributed by atoms with E-state index in [1.807, 2.05) is 48.7 Å². The molecule has 3 heteroatoms. The lowest BCUT2D eigenvalue weighted by Crippen LogP contribution is -2.02. The van der Waals surface area contributed by atoms with Crippen molar-refractivity contribution in [1.29, 1.82) is 0 Å². The smallest absolute Gasteiger partial charge is 0.0861 e. The van der Waals surface area contributed by atoms with Crippen LogP contribution in [0.15, 0.2) is 67.0 Å². The predicted molar refractivity (Wildman–Crippen MR) is 83.4 cm³/mol. The zero-order valence-corrected chi connectivity index (χ0v) is 12.0. The van der Waals surface area contributed by atoms with Gasteiger partial charge in [0.05, 0.1) is 18.0 Å². The van der Waals surface area contributed by atoms with E-state index in [9.17, 15) is 5.11 Å². The van der Waals surface area contributed by atoms with Crippen LogP contribution in [0.5, 0.6) is 0 Å². The van der Waals surface area contributed by atoms with Gasteiger partial charge in [-0.3, -0.25) is 0 Å². The molecule has 1 aromatic heterocycles. The van der Waals surface area contributed by atoms with Gasteiger partial charge in [0.1, 0.15) is 0 Å². The number of aliphatic hydroxyl groups excluding tert-OH is 1. The monoisotopic (exact) mass is 278 g/mol. The Morgan fingerprint density at radius 2 is 1.76 bits per heavy atom. The van der Waals surface area contributed by atoms with Crippen LogP contribution in [-0.2, 0) is 6.42 Å². The van der Waals surface area contributed by atoms with Crippen molar-refractivity contribution in [2.24, 2.45) is 0 Å². The first-order valence-corrected chi connectivity index (χ1v) is 7.06. The van der Waals surface area contributed by atoms with Gasteiger partial charge >= 0.3 is 0 Å². The zero-order chi connectivity index (χ0) is 14.7. The summed E-state index contributed by atoms with van der Waals surface area (Å²) in [5.41, 5.74) is 4.19. The fourth-order valence-electron chi connectivity index (χ4n) is 2.40. The van der Waals surface area contributed by atoms with Crippen molar-refractivity contribution in [2.75, 3.05) is 0 Å². The molecule has 106 valence electrons. The van der Waals surface area contributed by atoms with E-state index >= 15 is 0 Å². The number of rotatable bonds is 4. The van der Waals surface area contributed by atoms with Gasteiger partial charge in [-0.2, -0.15) is 5.10 Å². The Labute approximate surface area is 124 Å². The second kappa shape index (κ2) is 5.94. The Balaban J connectivity index is 1.79. The maximum atomic E-state index is 10.4. The van der Waals surface area contributed by atoms with Crippen LogP contribution < -0.4 is 0 Å². The summed E-state index contributed by atoms with van der Waals surface area (Å²) in [6.45, 7) is 2.06. The van der Waals surface area contributed by atoms with Crippen LogP contribution in [0, 0.1) is 6.92 Å². The number of para-hydroxylation sites is 1. The van der Waals surface area contributed by atoms with Crippen LogP contribution in [0.2, 0.25) is 0 Å². The normalized spacial score (nSPS) is 12.3. The largest absolute Gasteiger partial charge is 0.388 e. The molecule has 1 unspecified atom stereocenters. The molecule has 0 aliphatic heterocycles. The molecular weight excluding hydrogens is 260 g/mol. The molecule has 0 amide bonds. The second-order valence-electron chi connectivity index (χ2n) is 5.20. The number of benzene rings is 2. The Hall–Kier alpha value is -2.39. The predicted octanol–water partition coefficient (Wildman–Crippen LogP) is 3.46. The van der Waals surface area contributed by atoms with Gasteiger partial charge in [0.25, 0.3) is 0 Å². The minimum Gasteiger partial charge on any atom is -0.388 e. The van der Waals surface area contributed by atoms with Gasteiger partial charge in [-0.25, -0.2) is 4.68 Å². The minimum atomic E-state index is -0.538. The topological polar surface area (TPSA) is 38.1 Å². The van der Waals surface area contributed by atoms with Crippen LogP contribution in [-0.4, -0.2) is 14.9 Å². The van der Waals surface area contributed by atoms with E-state index in [0.29, 0.717) is 6.42 Å². The summed E-state index contributed by atoms with van der Waals surface area (Å²) >= 11 is 0. The standard InChI is InChI=1S/C18H18N2O/c1-14-7-5-6-8-15(14)11-18(21)16-12-19-20(13-16)17-9-3-2-4-10-17/h2-10,12-13,18,21H,11H2,1H3. The van der Waals surface area contributed by atoms with Gasteiger partial charge in [0.15, 0.2) is 0 Å². The average molecular weight is 278 g/mol. The molecule has 0 fully saturated rings. The number of nitrogens with zero attached hydrogens (tertiary/aromatic N) is 2. The first-order valence-electron chi connectivity index (χ1n) is 7.06. The quantitative estimate of drug-likeness (QED) is 0.793. The Morgan fingerprint density at radius 3 is 2.52 bits per heavy atom. The number of aliphatic hydroxyl groups is 1. The molecule has 0 saturated carbocycles. The third-order valence-electron chi connectivity index (χ3n) is 3.68. The summed E-state index contributed by atoms with van der Waals surface area (Å²) < 4.78 is 1.79. The van der Waals surface area contributed by atoms with Gasteiger partial charge in [-0.05, 0) is 30.2 Å². The summed E-state index contributed by atoms with van der Waals surface area (Å²) in [6, 6.07) is 18.0. The molecule has 1 heterocycles. The molecule has 0 aliphatic carbocycles. The molecule has 1 atom stereocenters. The van der Waals surface area contributed by atoms with Crippen molar-refractivity contribution < 1.29 is 5.11 Å². The molecule has 2 aromatic carbocycles. The molecule has 21 heavy (non-hydrogen) atoms. The number of aromatic nitrogens is 2. The van der Waals surface area contributed by atoms with Crippen LogP contribution in [0.3, 0.4) is 0 Å². The highest BCUT2D eigenvalue weighted by atomic mass is 16.3. The molecule has 0 bridgehead atoms. The summed E-state index contributed by atoms with van der Waals surface area (Å²) in [4.78, 5) is 0. The fraction of sp³-hybridized carbons (Fsp3) is 0.167. The van der Waals surface area contributed by atoms with E-state index in [4.69, 9.17) is 0 Å². The van der Waals surface area contributed by atoms with Crippen molar-refractivity contribution in [2.45, 2.75) is 19.4 Å². The highest BCUT2D eigenvalue weighted by Gasteiger charge is 2.12. The first-order chi connectivity index (χ1) is 10.2. The number of aryl methyl sites for hydroxylation is 1. The van der Waals surface area contributed by atoms with Crippen molar-refractivity contribution in [3.63, 3.8) is 0 Å². The summed E-state index contributed by atoms with van der Waals surface area (Å²) in [7, 11) is 0. The SMILES string of the molecule is Cc1ccccc1CC(O)c1cnn(-c2ccccc2)c1. The van der Waals surface area contributed by atoms with E-state index in [0.717, 1.165) is 16.8 Å². The average Bonchev–Trinajstić information content (AvgIpc) is 3.00. The lowest BCUT2D eigenvalue weighted by molar-refractivity contribution is 0.178. The maximum Gasteiger partial charge on any atom is 0.0861 e. The van der Waals surface area contributed by atoms with E-state index in [2.05, 4.69) is 24.2 Å². The highest BCUT2D eigenvalue weighted by Crippen LogP contribution is 2.20. The summed E-state index contributed by atoms with van der Waals surface area (Å²) in [5.74, 6) is 0. The summed E-state index contributed by atoms with van der Waals surface area (Å²) in [6.07, 6.45) is 3.69. The third-order valence-corrected chi connectivity index (χ3v) is 3.68. The zero-order valence-electron chi connectivity index (χ0n) is 12.0. The van der Waals surface area contributed by atoms with Crippen molar-refractivity contribution in [3.05, 3.63) is 83.7 Å². The number of hydrogen-bond acceptors (Lipinski definition) is 2. The lowest BCUT2D eigenvalue weighted by Gasteiger charge is -2.10. The Morgan fingerprint density at radius 1 is 1.05 bits per heavy atom. The van der Waals surface area contributed by atoms with Gasteiger partial charge < -0.3 is 5.11 Å². The molecule has 0 spiro atoms. The highest BCUT2D eigenvalue weighted by molar-refractivity contribution is 5.32. The Bertz CT molecular complexity index is 719. The van der Waals surface area contributed by atoms with Crippen molar-refractivity contribution in [1.82, 2.24) is 9.78 Å². The van der Waals surface area contributed by atoms with E-state index < -0.39 is 6.10 Å². The number of hydrogen-bond donors (Lipinski definition) is 1. The van der Waals surface area contributed by atoms with Crippen LogP contribution >= 0.6 is 0 Å². The molecule has 1 N–H and O–H groups in total. The molecule has 3 rings (SSSR count). The van der Waals surface area contributed by atoms with Crippen LogP contribution in [0.4, 0.5) is 0 Å². The molecule has 0 saturated heterocycles. The van der Waals surface area contributed by atoms with Gasteiger partial charge in [0, 0.05) is 18.2 Å². The van der Waals surface area contributed by atoms with Gasteiger partial charge in [-0.1, -0.05) is 42.5 Å². The maximum absolute atomic E-state index is 10.4. The molecule has 3 nitrogen and oxygen atoms in total. The van der Waals surface area contributed by atoms with E-state index in [1.54, 1.807) is 10.9 Å². The molecule has 0 aliphatic rings. The van der Waals surface area contributed by atoms with Crippen LogP contribution in [0.25, 0.3) is 5.69 Å². The van der Waals surface area contributed by atoms with Crippen molar-refractivity contribution >= 4 is 0 Å². The van der Waals surface area contributed by atoms with Crippen LogP contribution in [0.1, 0.15) is 22.8 Å². The minimum absolute atomic E-state index is 0.538. The molecule has 0 radical (unpaired) electrons. The first kappa shape index (κ1) is 13.6. The second-order valence-corrected chi connectivity index (χ2v) is 5.20. The van der Waals surface area contributed by atoms with Crippen molar-refractivity contribution in [3.8, 4) is 5.69 Å². The Kier molecular flexibility index (Phi) is 3.84. The van der Waals surface area contributed by atoms with E-state index in [1.165, 1.54) is 5.56 Å². The summed E-state index contributed by atoms with van der Waals surface area (Å²) in [5, 5.41) is 14.7. The lowest BCUT2D eigenvalue weighted by atomic mass is 10.00. The van der Waals surface area contributed by atoms with Gasteiger partial charge in [-0.15, -0.1) is 0 Å².